The first-order valence-corrected chi connectivity index (χ1v) is 9.64. The van der Waals surface area contributed by atoms with Gasteiger partial charge in [-0.1, -0.05) is 6.07 Å². The number of carbonyl (C=O) groups is 1. The normalized spacial score (nSPS) is 16.1. The van der Waals surface area contributed by atoms with Crippen LogP contribution in [0.3, 0.4) is 0 Å². The number of nitro groups is 1. The van der Waals surface area contributed by atoms with E-state index < -0.39 is 4.92 Å². The lowest BCUT2D eigenvalue weighted by Gasteiger charge is -2.32. The summed E-state index contributed by atoms with van der Waals surface area (Å²) < 4.78 is 0. The highest BCUT2D eigenvalue weighted by molar-refractivity contribution is 5.93. The molecule has 1 N–H and O–H groups in total. The number of rotatable bonds is 5. The lowest BCUT2D eigenvalue weighted by molar-refractivity contribution is -0.384. The summed E-state index contributed by atoms with van der Waals surface area (Å²) in [6.45, 7) is 1.31. The smallest absolute Gasteiger partial charge is 0.271 e. The fourth-order valence-corrected chi connectivity index (χ4v) is 3.50. The molecule has 0 saturated carbocycles. The molecule has 152 valence electrons. The van der Waals surface area contributed by atoms with Crippen LogP contribution in [0.1, 0.15) is 12.8 Å². The summed E-state index contributed by atoms with van der Waals surface area (Å²) in [7, 11) is 0. The van der Waals surface area contributed by atoms with Crippen LogP contribution < -0.4 is 10.2 Å². The number of aromatic nitrogens is 3. The number of hydrogen-bond acceptors (Lipinski definition) is 7. The fraction of sp³-hybridized carbons (Fsp3) is 0.238. The molecule has 1 aliphatic heterocycles. The Morgan fingerprint density at radius 1 is 1.17 bits per heavy atom. The van der Waals surface area contributed by atoms with Crippen molar-refractivity contribution in [3.63, 3.8) is 0 Å². The Balaban J connectivity index is 1.42. The van der Waals surface area contributed by atoms with Crippen molar-refractivity contribution in [3.8, 4) is 11.3 Å². The van der Waals surface area contributed by atoms with Gasteiger partial charge in [0.25, 0.3) is 5.69 Å². The van der Waals surface area contributed by atoms with Crippen molar-refractivity contribution in [2.24, 2.45) is 5.92 Å². The number of anilines is 2. The summed E-state index contributed by atoms with van der Waals surface area (Å²) in [5.41, 5.74) is 2.00. The number of carbonyl (C=O) groups excluding carboxylic acids is 1. The number of pyridine rings is 1. The van der Waals surface area contributed by atoms with Gasteiger partial charge in [-0.05, 0) is 43.2 Å². The lowest BCUT2D eigenvalue weighted by atomic mass is 9.97. The highest BCUT2D eigenvalue weighted by Gasteiger charge is 2.27. The molecule has 0 radical (unpaired) electrons. The summed E-state index contributed by atoms with van der Waals surface area (Å²) in [4.78, 5) is 29.3. The second-order valence-corrected chi connectivity index (χ2v) is 7.10. The maximum absolute atomic E-state index is 12.7. The van der Waals surface area contributed by atoms with Gasteiger partial charge in [-0.3, -0.25) is 19.9 Å². The van der Waals surface area contributed by atoms with Crippen molar-refractivity contribution in [3.05, 3.63) is 71.0 Å². The Kier molecular flexibility index (Phi) is 5.60. The first-order chi connectivity index (χ1) is 14.6. The van der Waals surface area contributed by atoms with Crippen LogP contribution in [0.15, 0.2) is 60.9 Å². The Hall–Kier alpha value is -3.88. The number of piperidine rings is 1. The van der Waals surface area contributed by atoms with E-state index in [9.17, 15) is 14.9 Å². The van der Waals surface area contributed by atoms with Gasteiger partial charge < -0.3 is 10.2 Å². The van der Waals surface area contributed by atoms with Crippen molar-refractivity contribution >= 4 is 23.1 Å². The van der Waals surface area contributed by atoms with E-state index in [0.717, 1.165) is 36.5 Å². The van der Waals surface area contributed by atoms with Crippen molar-refractivity contribution < 1.29 is 9.72 Å². The maximum atomic E-state index is 12.7. The second-order valence-electron chi connectivity index (χ2n) is 7.10. The van der Waals surface area contributed by atoms with Crippen molar-refractivity contribution in [1.82, 2.24) is 15.2 Å². The van der Waals surface area contributed by atoms with Gasteiger partial charge in [0.15, 0.2) is 5.82 Å². The van der Waals surface area contributed by atoms with Crippen LogP contribution in [-0.2, 0) is 4.79 Å². The molecule has 0 aliphatic carbocycles. The molecular weight excluding hydrogens is 384 g/mol. The highest BCUT2D eigenvalue weighted by Crippen LogP contribution is 2.25. The molecule has 30 heavy (non-hydrogen) atoms. The molecule has 1 amide bonds. The third-order valence-electron chi connectivity index (χ3n) is 5.05. The summed E-state index contributed by atoms with van der Waals surface area (Å²) in [6, 6.07) is 13.5. The summed E-state index contributed by atoms with van der Waals surface area (Å²) >= 11 is 0. The van der Waals surface area contributed by atoms with Crippen molar-refractivity contribution in [2.45, 2.75) is 12.8 Å². The molecule has 2 aromatic heterocycles. The molecule has 1 unspecified atom stereocenters. The first kappa shape index (κ1) is 19.4. The zero-order valence-corrected chi connectivity index (χ0v) is 16.1. The fourth-order valence-electron chi connectivity index (χ4n) is 3.50. The Morgan fingerprint density at radius 2 is 2.07 bits per heavy atom. The van der Waals surface area contributed by atoms with Crippen LogP contribution in [0.5, 0.6) is 0 Å². The second kappa shape index (κ2) is 8.64. The van der Waals surface area contributed by atoms with Crippen LogP contribution in [-0.4, -0.2) is 39.1 Å². The number of benzene rings is 1. The maximum Gasteiger partial charge on any atom is 0.271 e. The lowest BCUT2D eigenvalue weighted by Crippen LogP contribution is -2.41. The number of nitro benzene ring substituents is 1. The van der Waals surface area contributed by atoms with Gasteiger partial charge in [0.2, 0.25) is 5.91 Å². The summed E-state index contributed by atoms with van der Waals surface area (Å²) in [5, 5.41) is 22.3. The monoisotopic (exact) mass is 404 g/mol. The molecule has 4 rings (SSSR count). The Labute approximate surface area is 172 Å². The number of hydrogen-bond donors (Lipinski definition) is 1. The molecule has 3 heterocycles. The molecule has 9 heteroatoms. The van der Waals surface area contributed by atoms with Crippen molar-refractivity contribution in [1.29, 1.82) is 0 Å². The Morgan fingerprint density at radius 3 is 2.80 bits per heavy atom. The van der Waals surface area contributed by atoms with Gasteiger partial charge in [0, 0.05) is 48.9 Å². The van der Waals surface area contributed by atoms with Gasteiger partial charge in [0.1, 0.15) is 0 Å². The number of amides is 1. The minimum absolute atomic E-state index is 0.0537. The summed E-state index contributed by atoms with van der Waals surface area (Å²) in [6.07, 6.45) is 5.04. The van der Waals surface area contributed by atoms with E-state index in [2.05, 4.69) is 20.5 Å². The SMILES string of the molecule is O=C(Nc1cccc([N+](=O)[O-])c1)C1CCCN(c2ccc(-c3cccnc3)nn2)C1. The zero-order chi connectivity index (χ0) is 20.9. The van der Waals surface area contributed by atoms with Crippen LogP contribution >= 0.6 is 0 Å². The summed E-state index contributed by atoms with van der Waals surface area (Å²) in [5.74, 6) is 0.327. The van der Waals surface area contributed by atoms with Crippen LogP contribution in [0.2, 0.25) is 0 Å². The minimum atomic E-state index is -0.480. The van der Waals surface area contributed by atoms with E-state index in [4.69, 9.17) is 0 Å². The molecular formula is C21H20N6O3. The standard InChI is InChI=1S/C21H20N6O3/c28-21(23-17-6-1-7-18(12-17)27(29)30)16-5-3-11-26(14-16)20-9-8-19(24-25-20)15-4-2-10-22-13-15/h1-2,4,6-10,12-13,16H,3,5,11,14H2,(H,23,28). The Bertz CT molecular complexity index is 1040. The van der Waals surface area contributed by atoms with E-state index in [0.29, 0.717) is 12.2 Å². The molecule has 1 aliphatic rings. The third-order valence-corrected chi connectivity index (χ3v) is 5.05. The molecule has 1 fully saturated rings. The number of nitrogens with one attached hydrogen (secondary N) is 1. The van der Waals surface area contributed by atoms with E-state index in [-0.39, 0.29) is 17.5 Å². The predicted molar refractivity (Wildman–Crippen MR) is 112 cm³/mol. The largest absolute Gasteiger partial charge is 0.354 e. The van der Waals surface area contributed by atoms with Crippen LogP contribution in [0.4, 0.5) is 17.2 Å². The van der Waals surface area contributed by atoms with E-state index in [1.165, 1.54) is 12.1 Å². The number of nitrogens with zero attached hydrogens (tertiary/aromatic N) is 5. The quantitative estimate of drug-likeness (QED) is 0.512. The van der Waals surface area contributed by atoms with Gasteiger partial charge in [0.05, 0.1) is 16.5 Å². The minimum Gasteiger partial charge on any atom is -0.354 e. The molecule has 1 atom stereocenters. The average Bonchev–Trinajstić information content (AvgIpc) is 2.80. The average molecular weight is 404 g/mol. The topological polar surface area (TPSA) is 114 Å². The van der Waals surface area contributed by atoms with E-state index in [1.807, 2.05) is 29.2 Å². The number of non-ortho nitro benzene ring substituents is 1. The molecule has 0 spiro atoms. The molecule has 1 saturated heterocycles. The molecule has 1 aromatic carbocycles. The van der Waals surface area contributed by atoms with Crippen molar-refractivity contribution in [2.75, 3.05) is 23.3 Å². The molecule has 0 bridgehead atoms. The van der Waals surface area contributed by atoms with Gasteiger partial charge in [-0.2, -0.15) is 0 Å². The third kappa shape index (κ3) is 4.40. The van der Waals surface area contributed by atoms with E-state index >= 15 is 0 Å². The van der Waals surface area contributed by atoms with Crippen LogP contribution in [0, 0.1) is 16.0 Å². The molecule has 3 aromatic rings. The van der Waals surface area contributed by atoms with Gasteiger partial charge in [-0.15, -0.1) is 10.2 Å². The van der Waals surface area contributed by atoms with Gasteiger partial charge >= 0.3 is 0 Å². The van der Waals surface area contributed by atoms with Crippen LogP contribution in [0.25, 0.3) is 11.3 Å². The van der Waals surface area contributed by atoms with E-state index in [1.54, 1.807) is 24.5 Å². The first-order valence-electron chi connectivity index (χ1n) is 9.64. The highest BCUT2D eigenvalue weighted by atomic mass is 16.6. The van der Waals surface area contributed by atoms with Gasteiger partial charge in [-0.25, -0.2) is 0 Å². The molecule has 9 nitrogen and oxygen atoms in total. The zero-order valence-electron chi connectivity index (χ0n) is 16.1. The predicted octanol–water partition coefficient (Wildman–Crippen LogP) is 3.30.